The minimum Gasteiger partial charge on any atom is -0.383 e. The van der Waals surface area contributed by atoms with Crippen LogP contribution in [0.2, 0.25) is 0 Å². The zero-order valence-electron chi connectivity index (χ0n) is 19.4. The molecule has 0 saturated carbocycles. The lowest BCUT2D eigenvalue weighted by molar-refractivity contribution is -0.110. The Labute approximate surface area is 202 Å². The first kappa shape index (κ1) is 23.2. The van der Waals surface area contributed by atoms with Crippen LogP contribution in [0.1, 0.15) is 29.8 Å². The highest BCUT2D eigenvalue weighted by Crippen LogP contribution is 2.40. The summed E-state index contributed by atoms with van der Waals surface area (Å²) in [5.41, 5.74) is 3.08. The number of hydrogen-bond donors (Lipinski definition) is 3. The van der Waals surface area contributed by atoms with Gasteiger partial charge in [-0.25, -0.2) is 13.8 Å². The normalized spacial score (nSPS) is 17.9. The molecule has 0 bridgehead atoms. The maximum atomic E-state index is 14.1. The number of benzene rings is 2. The van der Waals surface area contributed by atoms with Gasteiger partial charge in [0.15, 0.2) is 0 Å². The van der Waals surface area contributed by atoms with Crippen molar-refractivity contribution < 1.29 is 18.3 Å². The van der Waals surface area contributed by atoms with Crippen LogP contribution in [0.4, 0.5) is 20.2 Å². The molecule has 2 aliphatic heterocycles. The predicted molar refractivity (Wildman–Crippen MR) is 131 cm³/mol. The van der Waals surface area contributed by atoms with Gasteiger partial charge in [-0.1, -0.05) is 0 Å². The van der Waals surface area contributed by atoms with Crippen molar-refractivity contribution in [1.29, 1.82) is 0 Å². The maximum absolute atomic E-state index is 14.1. The van der Waals surface area contributed by atoms with Crippen LogP contribution >= 0.6 is 0 Å². The van der Waals surface area contributed by atoms with E-state index < -0.39 is 11.6 Å². The summed E-state index contributed by atoms with van der Waals surface area (Å²) in [4.78, 5) is 22.8. The van der Waals surface area contributed by atoms with Crippen LogP contribution in [0.25, 0.3) is 11.1 Å². The molecule has 1 amide bonds. The van der Waals surface area contributed by atoms with Crippen molar-refractivity contribution >= 4 is 28.4 Å². The fourth-order valence-corrected chi connectivity index (χ4v) is 4.76. The quantitative estimate of drug-likeness (QED) is 0.444. The topological polar surface area (TPSA) is 82.3 Å². The number of halogens is 2. The van der Waals surface area contributed by atoms with Gasteiger partial charge >= 0.3 is 0 Å². The zero-order valence-corrected chi connectivity index (χ0v) is 19.4. The van der Waals surface area contributed by atoms with Crippen molar-refractivity contribution in [3.8, 4) is 0 Å². The van der Waals surface area contributed by atoms with E-state index in [2.05, 4.69) is 25.5 Å². The summed E-state index contributed by atoms with van der Waals surface area (Å²) in [6.45, 7) is 3.64. The van der Waals surface area contributed by atoms with Gasteiger partial charge in [-0.3, -0.25) is 4.79 Å². The van der Waals surface area contributed by atoms with Crippen LogP contribution in [0.15, 0.2) is 48.8 Å². The number of piperidine rings is 1. The first-order valence-corrected chi connectivity index (χ1v) is 11.7. The predicted octanol–water partition coefficient (Wildman–Crippen LogP) is 4.12. The molecule has 0 spiro atoms. The Kier molecular flexibility index (Phi) is 6.61. The second-order valence-corrected chi connectivity index (χ2v) is 8.81. The van der Waals surface area contributed by atoms with Crippen molar-refractivity contribution in [3.63, 3.8) is 0 Å². The van der Waals surface area contributed by atoms with Gasteiger partial charge in [-0.2, -0.15) is 0 Å². The SMILES string of the molecule is COCCN1CCC(Nc2ccc3c(c2)/C(=C(\c2cc(F)cc(F)c2)c2ncc[nH]2)C(=O)N3)CC1. The number of anilines is 2. The molecule has 9 heteroatoms. The molecule has 3 aromatic rings. The highest BCUT2D eigenvalue weighted by Gasteiger charge is 2.31. The van der Waals surface area contributed by atoms with Crippen molar-refractivity contribution in [3.05, 3.63) is 77.4 Å². The van der Waals surface area contributed by atoms with Gasteiger partial charge in [0, 0.05) is 73.8 Å². The summed E-state index contributed by atoms with van der Waals surface area (Å²) < 4.78 is 33.4. The highest BCUT2D eigenvalue weighted by molar-refractivity contribution is 6.38. The van der Waals surface area contributed by atoms with E-state index in [4.69, 9.17) is 4.74 Å². The van der Waals surface area contributed by atoms with Gasteiger partial charge < -0.3 is 25.3 Å². The van der Waals surface area contributed by atoms with Crippen molar-refractivity contribution in [2.75, 3.05) is 44.0 Å². The zero-order chi connectivity index (χ0) is 24.4. The van der Waals surface area contributed by atoms with Gasteiger partial charge in [-0.15, -0.1) is 0 Å². The number of methoxy groups -OCH3 is 1. The fraction of sp³-hybridized carbons (Fsp3) is 0.308. The summed E-state index contributed by atoms with van der Waals surface area (Å²) in [6.07, 6.45) is 5.15. The molecule has 2 aliphatic rings. The molecule has 2 aromatic carbocycles. The third kappa shape index (κ3) is 4.96. The number of nitrogens with one attached hydrogen (secondary N) is 3. The summed E-state index contributed by atoms with van der Waals surface area (Å²) in [5, 5.41) is 6.46. The standard InChI is InChI=1S/C26H27F2N5O2/c1-35-11-10-33-8-4-19(5-9-33)31-20-2-3-22-21(15-20)24(26(34)32-22)23(25-29-6-7-30-25)16-12-17(27)14-18(28)13-16/h2-3,6-7,12-15,19,31H,4-5,8-11H2,1H3,(H,29,30)(H,32,34)/b24-23-. The molecule has 3 N–H and O–H groups in total. The first-order valence-electron chi connectivity index (χ1n) is 11.7. The molecule has 5 rings (SSSR count). The molecular formula is C26H27F2N5O2. The molecular weight excluding hydrogens is 452 g/mol. The van der Waals surface area contributed by atoms with Crippen LogP contribution in [0.3, 0.4) is 0 Å². The van der Waals surface area contributed by atoms with E-state index in [1.807, 2.05) is 18.2 Å². The lowest BCUT2D eigenvalue weighted by atomic mass is 9.94. The number of amides is 1. The fourth-order valence-electron chi connectivity index (χ4n) is 4.76. The number of hydrogen-bond acceptors (Lipinski definition) is 5. The van der Waals surface area contributed by atoms with Crippen LogP contribution in [-0.4, -0.2) is 60.2 Å². The van der Waals surface area contributed by atoms with E-state index in [0.29, 0.717) is 34.3 Å². The van der Waals surface area contributed by atoms with E-state index in [0.717, 1.165) is 50.8 Å². The monoisotopic (exact) mass is 479 g/mol. The average Bonchev–Trinajstić information content (AvgIpc) is 3.47. The summed E-state index contributed by atoms with van der Waals surface area (Å²) in [6, 6.07) is 9.23. The van der Waals surface area contributed by atoms with Gasteiger partial charge in [0.2, 0.25) is 0 Å². The summed E-state index contributed by atoms with van der Waals surface area (Å²) in [5.74, 6) is -1.44. The van der Waals surface area contributed by atoms with E-state index in [1.165, 1.54) is 18.3 Å². The van der Waals surface area contributed by atoms with Crippen molar-refractivity contribution in [1.82, 2.24) is 14.9 Å². The Morgan fingerprint density at radius 3 is 2.63 bits per heavy atom. The number of imidazole rings is 1. The van der Waals surface area contributed by atoms with Gasteiger partial charge in [0.05, 0.1) is 12.2 Å². The second kappa shape index (κ2) is 9.97. The molecule has 7 nitrogen and oxygen atoms in total. The van der Waals surface area contributed by atoms with Crippen LogP contribution in [0, 0.1) is 11.6 Å². The minimum absolute atomic E-state index is 0.234. The Balaban J connectivity index is 1.48. The van der Waals surface area contributed by atoms with Crippen molar-refractivity contribution in [2.24, 2.45) is 0 Å². The molecule has 0 aliphatic carbocycles. The van der Waals surface area contributed by atoms with Crippen LogP contribution in [-0.2, 0) is 9.53 Å². The number of rotatable bonds is 7. The van der Waals surface area contributed by atoms with Crippen LogP contribution in [0.5, 0.6) is 0 Å². The summed E-state index contributed by atoms with van der Waals surface area (Å²) in [7, 11) is 1.71. The number of aromatic amines is 1. The lowest BCUT2D eigenvalue weighted by Crippen LogP contribution is -2.40. The molecule has 1 saturated heterocycles. The van der Waals surface area contributed by atoms with Crippen molar-refractivity contribution in [2.45, 2.75) is 18.9 Å². The number of nitrogens with zero attached hydrogens (tertiary/aromatic N) is 2. The third-order valence-electron chi connectivity index (χ3n) is 6.47. The molecule has 3 heterocycles. The Morgan fingerprint density at radius 1 is 1.17 bits per heavy atom. The molecule has 182 valence electrons. The Morgan fingerprint density at radius 2 is 1.94 bits per heavy atom. The maximum Gasteiger partial charge on any atom is 0.257 e. The van der Waals surface area contributed by atoms with E-state index in [9.17, 15) is 13.6 Å². The van der Waals surface area contributed by atoms with Gasteiger partial charge in [-0.05, 0) is 48.7 Å². The molecule has 35 heavy (non-hydrogen) atoms. The number of carbonyl (C=O) groups is 1. The largest absolute Gasteiger partial charge is 0.383 e. The summed E-state index contributed by atoms with van der Waals surface area (Å²) >= 11 is 0. The third-order valence-corrected chi connectivity index (χ3v) is 6.47. The molecule has 0 unspecified atom stereocenters. The number of likely N-dealkylation sites (tertiary alicyclic amines) is 1. The smallest absolute Gasteiger partial charge is 0.257 e. The number of carbonyl (C=O) groups excluding carboxylic acids is 1. The van der Waals surface area contributed by atoms with Crippen LogP contribution < -0.4 is 10.6 Å². The van der Waals surface area contributed by atoms with E-state index in [1.54, 1.807) is 13.3 Å². The van der Waals surface area contributed by atoms with Gasteiger partial charge in [0.25, 0.3) is 5.91 Å². The average molecular weight is 480 g/mol. The first-order chi connectivity index (χ1) is 17.0. The molecule has 0 radical (unpaired) electrons. The second-order valence-electron chi connectivity index (χ2n) is 8.81. The molecule has 1 fully saturated rings. The van der Waals surface area contributed by atoms with E-state index in [-0.39, 0.29) is 11.5 Å². The number of H-pyrrole nitrogens is 1. The molecule has 1 aromatic heterocycles. The Bertz CT molecular complexity index is 1230. The van der Waals surface area contributed by atoms with E-state index >= 15 is 0 Å². The van der Waals surface area contributed by atoms with Gasteiger partial charge in [0.1, 0.15) is 17.5 Å². The number of ether oxygens (including phenoxy) is 1. The molecule has 0 atom stereocenters. The number of aromatic nitrogens is 2. The highest BCUT2D eigenvalue weighted by atomic mass is 19.1. The minimum atomic E-state index is -0.726. The Hall–Kier alpha value is -3.56. The lowest BCUT2D eigenvalue weighted by Gasteiger charge is -2.32. The number of fused-ring (bicyclic) bond motifs is 1.